The fourth-order valence-electron chi connectivity index (χ4n) is 3.53. The van der Waals surface area contributed by atoms with Gasteiger partial charge in [-0.1, -0.05) is 6.07 Å². The number of fused-ring (bicyclic) bond motifs is 1. The predicted molar refractivity (Wildman–Crippen MR) is 105 cm³/mol. The Morgan fingerprint density at radius 1 is 1.04 bits per heavy atom. The average Bonchev–Trinajstić information content (AvgIpc) is 3.05. The van der Waals surface area contributed by atoms with E-state index in [1.54, 1.807) is 0 Å². The molecule has 136 valence electrons. The summed E-state index contributed by atoms with van der Waals surface area (Å²) < 4.78 is 5.87. The Kier molecular flexibility index (Phi) is 4.64. The minimum Gasteiger partial charge on any atom is -0.491 e. The third kappa shape index (κ3) is 3.44. The monoisotopic (exact) mass is 350 g/mol. The summed E-state index contributed by atoms with van der Waals surface area (Å²) in [4.78, 5) is 14.1. The minimum atomic E-state index is 0.166. The Morgan fingerprint density at radius 2 is 1.85 bits per heavy atom. The lowest BCUT2D eigenvalue weighted by Gasteiger charge is -2.33. The smallest absolute Gasteiger partial charge is 0.129 e. The standard InChI is InChI=1S/C21H26N4O/c1-15(2)26-18-5-4-17-14-23-21(19(17)13-18)16-6-7-22-20(12-16)25-10-8-24(3)9-11-25/h4-7,12-13,15H,8-11,14H2,1-3H3. The lowest BCUT2D eigenvalue weighted by molar-refractivity contribution is 0.242. The molecule has 1 saturated heterocycles. The zero-order valence-corrected chi connectivity index (χ0v) is 15.8. The quantitative estimate of drug-likeness (QED) is 0.850. The number of aliphatic imine (C=N–C) groups is 1. The molecule has 0 atom stereocenters. The second-order valence-electron chi connectivity index (χ2n) is 7.34. The van der Waals surface area contributed by atoms with Crippen LogP contribution in [-0.4, -0.2) is 54.9 Å². The highest BCUT2D eigenvalue weighted by Gasteiger charge is 2.21. The van der Waals surface area contributed by atoms with E-state index < -0.39 is 0 Å². The highest BCUT2D eigenvalue weighted by Crippen LogP contribution is 2.28. The first-order valence-electron chi connectivity index (χ1n) is 9.34. The van der Waals surface area contributed by atoms with Crippen molar-refractivity contribution < 1.29 is 4.74 Å². The van der Waals surface area contributed by atoms with E-state index in [4.69, 9.17) is 9.73 Å². The minimum absolute atomic E-state index is 0.166. The molecule has 0 bridgehead atoms. The van der Waals surface area contributed by atoms with Gasteiger partial charge in [-0.05, 0) is 50.7 Å². The molecule has 1 fully saturated rings. The summed E-state index contributed by atoms with van der Waals surface area (Å²) in [5.74, 6) is 1.95. The van der Waals surface area contributed by atoms with Crippen molar-refractivity contribution >= 4 is 11.5 Å². The van der Waals surface area contributed by atoms with Crippen molar-refractivity contribution in [1.29, 1.82) is 0 Å². The predicted octanol–water partition coefficient (Wildman–Crippen LogP) is 2.97. The van der Waals surface area contributed by atoms with Gasteiger partial charge in [-0.2, -0.15) is 0 Å². The molecule has 5 heteroatoms. The summed E-state index contributed by atoms with van der Waals surface area (Å²) in [6.07, 6.45) is 2.07. The maximum absolute atomic E-state index is 5.87. The van der Waals surface area contributed by atoms with Gasteiger partial charge in [-0.25, -0.2) is 4.98 Å². The van der Waals surface area contributed by atoms with Crippen LogP contribution in [0.5, 0.6) is 5.75 Å². The van der Waals surface area contributed by atoms with Crippen molar-refractivity contribution in [3.05, 3.63) is 53.2 Å². The van der Waals surface area contributed by atoms with E-state index >= 15 is 0 Å². The molecule has 2 aliphatic rings. The van der Waals surface area contributed by atoms with Gasteiger partial charge in [0.25, 0.3) is 0 Å². The van der Waals surface area contributed by atoms with Crippen LogP contribution in [0.1, 0.15) is 30.5 Å². The molecule has 0 N–H and O–H groups in total. The maximum Gasteiger partial charge on any atom is 0.129 e. The molecule has 0 saturated carbocycles. The number of likely N-dealkylation sites (N-methyl/N-ethyl adjacent to an activating group) is 1. The summed E-state index contributed by atoms with van der Waals surface area (Å²) in [5, 5.41) is 0. The van der Waals surface area contributed by atoms with Gasteiger partial charge in [0.15, 0.2) is 0 Å². The molecule has 0 aliphatic carbocycles. The number of anilines is 1. The molecule has 0 unspecified atom stereocenters. The summed E-state index contributed by atoms with van der Waals surface area (Å²) in [6.45, 7) is 9.02. The van der Waals surface area contributed by atoms with Crippen LogP contribution in [0.25, 0.3) is 0 Å². The Morgan fingerprint density at radius 3 is 2.62 bits per heavy atom. The molecule has 2 aliphatic heterocycles. The summed E-state index contributed by atoms with van der Waals surface area (Å²) in [7, 11) is 2.17. The van der Waals surface area contributed by atoms with E-state index in [2.05, 4.69) is 46.1 Å². The third-order valence-corrected chi connectivity index (χ3v) is 4.96. The lowest BCUT2D eigenvalue weighted by Crippen LogP contribution is -2.44. The summed E-state index contributed by atoms with van der Waals surface area (Å²) in [6, 6.07) is 10.5. The molecule has 2 aromatic rings. The lowest BCUT2D eigenvalue weighted by atomic mass is 10.0. The first-order chi connectivity index (χ1) is 12.6. The van der Waals surface area contributed by atoms with Gasteiger partial charge in [0, 0.05) is 43.5 Å². The van der Waals surface area contributed by atoms with Crippen LogP contribution in [0.15, 0.2) is 41.5 Å². The third-order valence-electron chi connectivity index (χ3n) is 4.96. The number of ether oxygens (including phenoxy) is 1. The second kappa shape index (κ2) is 7.08. The highest BCUT2D eigenvalue weighted by atomic mass is 16.5. The molecule has 0 radical (unpaired) electrons. The second-order valence-corrected chi connectivity index (χ2v) is 7.34. The normalized spacial score (nSPS) is 17.4. The number of nitrogens with zero attached hydrogens (tertiary/aromatic N) is 4. The van der Waals surface area contributed by atoms with E-state index in [0.29, 0.717) is 0 Å². The Balaban J connectivity index is 1.61. The van der Waals surface area contributed by atoms with Crippen LogP contribution in [0.4, 0.5) is 5.82 Å². The number of aromatic nitrogens is 1. The summed E-state index contributed by atoms with van der Waals surface area (Å²) in [5.41, 5.74) is 4.62. The Bertz CT molecular complexity index is 823. The Hall–Kier alpha value is -2.40. The summed E-state index contributed by atoms with van der Waals surface area (Å²) >= 11 is 0. The van der Waals surface area contributed by atoms with Crippen LogP contribution in [-0.2, 0) is 6.54 Å². The molecular weight excluding hydrogens is 324 g/mol. The van der Waals surface area contributed by atoms with Gasteiger partial charge < -0.3 is 14.5 Å². The van der Waals surface area contributed by atoms with Crippen molar-refractivity contribution in [2.75, 3.05) is 38.1 Å². The molecule has 1 aromatic heterocycles. The van der Waals surface area contributed by atoms with Gasteiger partial charge >= 0.3 is 0 Å². The van der Waals surface area contributed by atoms with Crippen LogP contribution in [0, 0.1) is 0 Å². The van der Waals surface area contributed by atoms with Crippen LogP contribution < -0.4 is 9.64 Å². The molecule has 5 nitrogen and oxygen atoms in total. The van der Waals surface area contributed by atoms with E-state index in [0.717, 1.165) is 55.6 Å². The van der Waals surface area contributed by atoms with Gasteiger partial charge in [0.05, 0.1) is 18.4 Å². The van der Waals surface area contributed by atoms with Crippen molar-refractivity contribution in [2.45, 2.75) is 26.5 Å². The number of hydrogen-bond acceptors (Lipinski definition) is 5. The zero-order valence-electron chi connectivity index (χ0n) is 15.8. The maximum atomic E-state index is 5.87. The Labute approximate surface area is 155 Å². The van der Waals surface area contributed by atoms with E-state index in [-0.39, 0.29) is 6.10 Å². The molecule has 1 aromatic carbocycles. The number of rotatable bonds is 4. The molecule has 4 rings (SSSR count). The van der Waals surface area contributed by atoms with Crippen molar-refractivity contribution in [2.24, 2.45) is 4.99 Å². The largest absolute Gasteiger partial charge is 0.491 e. The average molecular weight is 350 g/mol. The number of piperazine rings is 1. The molecular formula is C21H26N4O. The molecule has 3 heterocycles. The van der Waals surface area contributed by atoms with Crippen LogP contribution in [0.3, 0.4) is 0 Å². The van der Waals surface area contributed by atoms with Crippen molar-refractivity contribution in [3.63, 3.8) is 0 Å². The van der Waals surface area contributed by atoms with Gasteiger partial charge in [0.1, 0.15) is 11.6 Å². The van der Waals surface area contributed by atoms with Gasteiger partial charge in [0.2, 0.25) is 0 Å². The van der Waals surface area contributed by atoms with Gasteiger partial charge in [-0.15, -0.1) is 0 Å². The fourth-order valence-corrected chi connectivity index (χ4v) is 3.53. The molecule has 0 amide bonds. The fraction of sp³-hybridized carbons (Fsp3) is 0.429. The van der Waals surface area contributed by atoms with Crippen molar-refractivity contribution in [1.82, 2.24) is 9.88 Å². The molecule has 26 heavy (non-hydrogen) atoms. The topological polar surface area (TPSA) is 41.0 Å². The zero-order chi connectivity index (χ0) is 18.1. The van der Waals surface area contributed by atoms with E-state index in [1.165, 1.54) is 11.1 Å². The van der Waals surface area contributed by atoms with Gasteiger partial charge in [-0.3, -0.25) is 4.99 Å². The highest BCUT2D eigenvalue weighted by molar-refractivity contribution is 6.15. The van der Waals surface area contributed by atoms with E-state index in [9.17, 15) is 0 Å². The first kappa shape index (κ1) is 17.0. The molecule has 0 spiro atoms. The first-order valence-corrected chi connectivity index (χ1v) is 9.34. The number of benzene rings is 1. The van der Waals surface area contributed by atoms with Crippen LogP contribution >= 0.6 is 0 Å². The van der Waals surface area contributed by atoms with E-state index in [1.807, 2.05) is 26.1 Å². The number of hydrogen-bond donors (Lipinski definition) is 0. The SMILES string of the molecule is CC(C)Oc1ccc2c(c1)C(c1ccnc(N3CCN(C)CC3)c1)=NC2. The number of pyridine rings is 1. The van der Waals surface area contributed by atoms with Crippen molar-refractivity contribution in [3.8, 4) is 5.75 Å². The van der Waals surface area contributed by atoms with Crippen LogP contribution in [0.2, 0.25) is 0 Å².